The predicted molar refractivity (Wildman–Crippen MR) is 99.3 cm³/mol. The Morgan fingerprint density at radius 1 is 1.11 bits per heavy atom. The lowest BCUT2D eigenvalue weighted by molar-refractivity contribution is -0.123. The lowest BCUT2D eigenvalue weighted by Gasteiger charge is -2.21. The predicted octanol–water partition coefficient (Wildman–Crippen LogP) is 2.36. The van der Waals surface area contributed by atoms with Crippen LogP contribution in [0.15, 0.2) is 68.2 Å². The van der Waals surface area contributed by atoms with Crippen molar-refractivity contribution >= 4 is 28.0 Å². The van der Waals surface area contributed by atoms with Crippen LogP contribution in [-0.2, 0) is 16.9 Å². The van der Waals surface area contributed by atoms with Crippen molar-refractivity contribution in [2.45, 2.75) is 19.1 Å². The van der Waals surface area contributed by atoms with Crippen LogP contribution in [-0.4, -0.2) is 22.1 Å². The molecule has 0 aliphatic carbocycles. The number of nitrogens with zero attached hydrogens (tertiary/aromatic N) is 1. The molecular formula is C20H18N2O5. The number of carbonyl (C=O) groups is 1. The molecule has 27 heavy (non-hydrogen) atoms. The highest BCUT2D eigenvalue weighted by Crippen LogP contribution is 2.27. The molecule has 4 aromatic rings. The number of hydrogen-bond donors (Lipinski definition) is 2. The van der Waals surface area contributed by atoms with Gasteiger partial charge in [-0.3, -0.25) is 9.36 Å². The zero-order chi connectivity index (χ0) is 19.0. The summed E-state index contributed by atoms with van der Waals surface area (Å²) < 4.78 is 12.0. The molecule has 0 spiro atoms. The van der Waals surface area contributed by atoms with Gasteiger partial charge in [0.25, 0.3) is 0 Å². The Kier molecular flexibility index (Phi) is 4.08. The number of aromatic nitrogens is 1. The maximum absolute atomic E-state index is 12.3. The van der Waals surface area contributed by atoms with Gasteiger partial charge in [0, 0.05) is 5.39 Å². The van der Waals surface area contributed by atoms with Crippen molar-refractivity contribution in [1.29, 1.82) is 0 Å². The highest BCUT2D eigenvalue weighted by Gasteiger charge is 2.28. The standard InChI is InChI=1S/C20H18N2O5/c1-20(25,17-10-13-6-2-4-8-15(13)26-17)12-21-18(23)11-22-14-7-3-5-9-16(14)27-19(22)24/h2-10,25H,11-12H2,1H3,(H,21,23). The van der Waals surface area contributed by atoms with Crippen LogP contribution < -0.4 is 11.1 Å². The minimum atomic E-state index is -1.39. The molecule has 1 unspecified atom stereocenters. The maximum Gasteiger partial charge on any atom is 0.420 e. The van der Waals surface area contributed by atoms with E-state index in [0.717, 1.165) is 5.39 Å². The van der Waals surface area contributed by atoms with Crippen molar-refractivity contribution in [3.63, 3.8) is 0 Å². The van der Waals surface area contributed by atoms with Crippen LogP contribution in [0.4, 0.5) is 0 Å². The Morgan fingerprint density at radius 3 is 2.59 bits per heavy atom. The Labute approximate surface area is 153 Å². The van der Waals surface area contributed by atoms with Gasteiger partial charge < -0.3 is 19.3 Å². The molecule has 7 nitrogen and oxygen atoms in total. The fourth-order valence-electron chi connectivity index (χ4n) is 2.97. The largest absolute Gasteiger partial charge is 0.458 e. The quantitative estimate of drug-likeness (QED) is 0.565. The number of hydrogen-bond acceptors (Lipinski definition) is 5. The lowest BCUT2D eigenvalue weighted by Crippen LogP contribution is -2.40. The van der Waals surface area contributed by atoms with Gasteiger partial charge in [0.15, 0.2) is 5.58 Å². The first-order valence-corrected chi connectivity index (χ1v) is 8.50. The summed E-state index contributed by atoms with van der Waals surface area (Å²) in [6.07, 6.45) is 0. The van der Waals surface area contributed by atoms with Crippen LogP contribution in [0.3, 0.4) is 0 Å². The molecule has 0 saturated carbocycles. The second-order valence-corrected chi connectivity index (χ2v) is 6.62. The molecule has 2 heterocycles. The van der Waals surface area contributed by atoms with Gasteiger partial charge in [-0.2, -0.15) is 0 Å². The molecule has 0 aliphatic rings. The zero-order valence-electron chi connectivity index (χ0n) is 14.6. The topological polar surface area (TPSA) is 97.6 Å². The van der Waals surface area contributed by atoms with Crippen LogP contribution in [0.2, 0.25) is 0 Å². The number of benzene rings is 2. The highest BCUT2D eigenvalue weighted by molar-refractivity contribution is 5.80. The van der Waals surface area contributed by atoms with E-state index in [4.69, 9.17) is 8.83 Å². The van der Waals surface area contributed by atoms with Crippen molar-refractivity contribution in [3.8, 4) is 0 Å². The van der Waals surface area contributed by atoms with E-state index in [1.165, 1.54) is 4.57 Å². The van der Waals surface area contributed by atoms with Gasteiger partial charge in [-0.05, 0) is 31.2 Å². The maximum atomic E-state index is 12.3. The normalized spacial score (nSPS) is 13.7. The molecule has 0 bridgehead atoms. The molecule has 1 amide bonds. The van der Waals surface area contributed by atoms with E-state index >= 15 is 0 Å². The molecule has 0 aliphatic heterocycles. The summed E-state index contributed by atoms with van der Waals surface area (Å²) in [5, 5.41) is 14.2. The summed E-state index contributed by atoms with van der Waals surface area (Å²) >= 11 is 0. The van der Waals surface area contributed by atoms with Gasteiger partial charge >= 0.3 is 5.76 Å². The monoisotopic (exact) mass is 366 g/mol. The number of carbonyl (C=O) groups excluding carboxylic acids is 1. The first-order chi connectivity index (χ1) is 12.9. The van der Waals surface area contributed by atoms with E-state index in [1.807, 2.05) is 24.3 Å². The number of furan rings is 1. The summed E-state index contributed by atoms with van der Waals surface area (Å²) in [5.74, 6) is -0.662. The molecule has 138 valence electrons. The fourth-order valence-corrected chi connectivity index (χ4v) is 2.97. The average molecular weight is 366 g/mol. The second-order valence-electron chi connectivity index (χ2n) is 6.62. The van der Waals surface area contributed by atoms with Gasteiger partial charge in [0.05, 0.1) is 12.1 Å². The summed E-state index contributed by atoms with van der Waals surface area (Å²) in [7, 11) is 0. The summed E-state index contributed by atoms with van der Waals surface area (Å²) in [4.78, 5) is 24.3. The number of oxazole rings is 1. The Balaban J connectivity index is 1.48. The van der Waals surface area contributed by atoms with Crippen LogP contribution in [0.25, 0.3) is 22.1 Å². The van der Waals surface area contributed by atoms with Gasteiger partial charge in [0.1, 0.15) is 23.5 Å². The van der Waals surface area contributed by atoms with Gasteiger partial charge in [-0.25, -0.2) is 4.79 Å². The van der Waals surface area contributed by atoms with Gasteiger partial charge in [-0.15, -0.1) is 0 Å². The van der Waals surface area contributed by atoms with E-state index in [-0.39, 0.29) is 13.1 Å². The molecule has 1 atom stereocenters. The molecule has 2 aromatic carbocycles. The van der Waals surface area contributed by atoms with Crippen LogP contribution in [0.5, 0.6) is 0 Å². The van der Waals surface area contributed by atoms with E-state index in [1.54, 1.807) is 37.3 Å². The molecule has 7 heteroatoms. The minimum Gasteiger partial charge on any atom is -0.458 e. The third kappa shape index (κ3) is 3.24. The molecular weight excluding hydrogens is 348 g/mol. The number of nitrogens with one attached hydrogen (secondary N) is 1. The first kappa shape index (κ1) is 17.1. The third-order valence-corrected chi connectivity index (χ3v) is 4.46. The zero-order valence-corrected chi connectivity index (χ0v) is 14.6. The van der Waals surface area contributed by atoms with Gasteiger partial charge in [0.2, 0.25) is 5.91 Å². The summed E-state index contributed by atoms with van der Waals surface area (Å²) in [6.45, 7) is 1.30. The number of aliphatic hydroxyl groups is 1. The average Bonchev–Trinajstić information content (AvgIpc) is 3.22. The van der Waals surface area contributed by atoms with E-state index in [2.05, 4.69) is 5.32 Å². The Morgan fingerprint density at radius 2 is 1.81 bits per heavy atom. The van der Waals surface area contributed by atoms with Crippen molar-refractivity contribution < 1.29 is 18.7 Å². The smallest absolute Gasteiger partial charge is 0.420 e. The Bertz CT molecular complexity index is 1150. The molecule has 0 radical (unpaired) electrons. The summed E-state index contributed by atoms with van der Waals surface area (Å²) in [5.41, 5.74) is 0.236. The number of rotatable bonds is 5. The number of amides is 1. The van der Waals surface area contributed by atoms with E-state index < -0.39 is 17.3 Å². The minimum absolute atomic E-state index is 0.0593. The molecule has 2 N–H and O–H groups in total. The SMILES string of the molecule is CC(O)(CNC(=O)Cn1c(=O)oc2ccccc21)c1cc2ccccc2o1. The van der Waals surface area contributed by atoms with Crippen molar-refractivity contribution in [3.05, 3.63) is 70.9 Å². The Hall–Kier alpha value is -3.32. The highest BCUT2D eigenvalue weighted by atomic mass is 16.4. The van der Waals surface area contributed by atoms with Gasteiger partial charge in [-0.1, -0.05) is 30.3 Å². The molecule has 2 aromatic heterocycles. The van der Waals surface area contributed by atoms with Crippen molar-refractivity contribution in [2.75, 3.05) is 6.54 Å². The lowest BCUT2D eigenvalue weighted by atomic mass is 10.0. The number of fused-ring (bicyclic) bond motifs is 2. The third-order valence-electron chi connectivity index (χ3n) is 4.46. The van der Waals surface area contributed by atoms with Crippen molar-refractivity contribution in [1.82, 2.24) is 9.88 Å². The fraction of sp³-hybridized carbons (Fsp3) is 0.200. The van der Waals surface area contributed by atoms with Crippen LogP contribution in [0, 0.1) is 0 Å². The second kappa shape index (κ2) is 6.44. The van der Waals surface area contributed by atoms with Crippen LogP contribution in [0.1, 0.15) is 12.7 Å². The summed E-state index contributed by atoms with van der Waals surface area (Å²) in [6, 6.07) is 16.0. The molecule has 0 saturated heterocycles. The molecule has 0 fully saturated rings. The number of para-hydroxylation sites is 3. The first-order valence-electron chi connectivity index (χ1n) is 8.50. The van der Waals surface area contributed by atoms with E-state index in [9.17, 15) is 14.7 Å². The van der Waals surface area contributed by atoms with Crippen LogP contribution >= 0.6 is 0 Å². The van der Waals surface area contributed by atoms with E-state index in [0.29, 0.717) is 22.4 Å². The molecule has 4 rings (SSSR count). The van der Waals surface area contributed by atoms with Crippen molar-refractivity contribution in [2.24, 2.45) is 0 Å².